The Balaban J connectivity index is 2.21. The molecule has 1 aliphatic carbocycles. The SMILES string of the molecule is CCOc1cccc(C2(CCN)CCC2)c1. The van der Waals surface area contributed by atoms with Crippen LogP contribution >= 0.6 is 0 Å². The average molecular weight is 219 g/mol. The molecule has 0 atom stereocenters. The minimum Gasteiger partial charge on any atom is -0.494 e. The molecule has 1 aromatic carbocycles. The summed E-state index contributed by atoms with van der Waals surface area (Å²) in [4.78, 5) is 0. The molecule has 1 aliphatic rings. The second kappa shape index (κ2) is 4.88. The summed E-state index contributed by atoms with van der Waals surface area (Å²) in [6.07, 6.45) is 4.99. The lowest BCUT2D eigenvalue weighted by Crippen LogP contribution is -2.36. The Bertz CT molecular complexity index is 344. The zero-order valence-electron chi connectivity index (χ0n) is 10.0. The average Bonchev–Trinajstić information content (AvgIpc) is 2.24. The van der Waals surface area contributed by atoms with Crippen molar-refractivity contribution in [1.82, 2.24) is 0 Å². The van der Waals surface area contributed by atoms with Crippen LogP contribution in [0.3, 0.4) is 0 Å². The van der Waals surface area contributed by atoms with Crippen molar-refractivity contribution in [3.63, 3.8) is 0 Å². The largest absolute Gasteiger partial charge is 0.494 e. The highest BCUT2D eigenvalue weighted by Gasteiger charge is 2.37. The molecule has 0 aliphatic heterocycles. The van der Waals surface area contributed by atoms with Gasteiger partial charge in [-0.3, -0.25) is 0 Å². The van der Waals surface area contributed by atoms with Crippen LogP contribution in [0.25, 0.3) is 0 Å². The second-order valence-electron chi connectivity index (χ2n) is 4.63. The summed E-state index contributed by atoms with van der Waals surface area (Å²) in [6, 6.07) is 8.54. The van der Waals surface area contributed by atoms with Gasteiger partial charge < -0.3 is 10.5 Å². The van der Waals surface area contributed by atoms with Gasteiger partial charge >= 0.3 is 0 Å². The summed E-state index contributed by atoms with van der Waals surface area (Å²) in [5, 5.41) is 0. The van der Waals surface area contributed by atoms with Gasteiger partial charge in [-0.1, -0.05) is 18.6 Å². The van der Waals surface area contributed by atoms with E-state index in [0.29, 0.717) is 5.41 Å². The van der Waals surface area contributed by atoms with E-state index in [0.717, 1.165) is 25.3 Å². The quantitative estimate of drug-likeness (QED) is 0.826. The third kappa shape index (κ3) is 2.07. The molecule has 0 radical (unpaired) electrons. The minimum atomic E-state index is 0.349. The maximum Gasteiger partial charge on any atom is 0.119 e. The third-order valence-electron chi connectivity index (χ3n) is 3.69. The van der Waals surface area contributed by atoms with E-state index >= 15 is 0 Å². The summed E-state index contributed by atoms with van der Waals surface area (Å²) in [6.45, 7) is 3.53. The first-order valence-corrected chi connectivity index (χ1v) is 6.24. The summed E-state index contributed by atoms with van der Waals surface area (Å²) >= 11 is 0. The Kier molecular flexibility index (Phi) is 3.49. The van der Waals surface area contributed by atoms with Crippen LogP contribution in [0.1, 0.15) is 38.2 Å². The molecule has 0 unspecified atom stereocenters. The summed E-state index contributed by atoms with van der Waals surface area (Å²) in [5.74, 6) is 0.989. The van der Waals surface area contributed by atoms with E-state index in [1.54, 1.807) is 0 Å². The monoisotopic (exact) mass is 219 g/mol. The molecule has 0 spiro atoms. The fourth-order valence-electron chi connectivity index (χ4n) is 2.65. The van der Waals surface area contributed by atoms with Crippen LogP contribution in [-0.2, 0) is 5.41 Å². The normalized spacial score (nSPS) is 17.9. The van der Waals surface area contributed by atoms with Gasteiger partial charge in [0.25, 0.3) is 0 Å². The Labute approximate surface area is 97.8 Å². The molecule has 88 valence electrons. The van der Waals surface area contributed by atoms with Gasteiger partial charge in [-0.15, -0.1) is 0 Å². The van der Waals surface area contributed by atoms with Gasteiger partial charge in [-0.2, -0.15) is 0 Å². The van der Waals surface area contributed by atoms with Crippen LogP contribution < -0.4 is 10.5 Å². The third-order valence-corrected chi connectivity index (χ3v) is 3.69. The second-order valence-corrected chi connectivity index (χ2v) is 4.63. The molecular weight excluding hydrogens is 198 g/mol. The highest BCUT2D eigenvalue weighted by Crippen LogP contribution is 2.46. The lowest BCUT2D eigenvalue weighted by Gasteiger charge is -2.42. The highest BCUT2D eigenvalue weighted by molar-refractivity contribution is 5.35. The van der Waals surface area contributed by atoms with E-state index in [9.17, 15) is 0 Å². The van der Waals surface area contributed by atoms with Crippen molar-refractivity contribution in [2.45, 2.75) is 38.0 Å². The van der Waals surface area contributed by atoms with Crippen LogP contribution in [0, 0.1) is 0 Å². The molecule has 0 amide bonds. The van der Waals surface area contributed by atoms with Gasteiger partial charge in [0.05, 0.1) is 6.61 Å². The van der Waals surface area contributed by atoms with Gasteiger partial charge in [-0.05, 0) is 55.8 Å². The van der Waals surface area contributed by atoms with Crippen molar-refractivity contribution >= 4 is 0 Å². The molecule has 1 aromatic rings. The first-order chi connectivity index (χ1) is 7.80. The van der Waals surface area contributed by atoms with Crippen molar-refractivity contribution in [3.05, 3.63) is 29.8 Å². The first kappa shape index (κ1) is 11.5. The number of ether oxygens (including phenoxy) is 1. The summed E-state index contributed by atoms with van der Waals surface area (Å²) in [7, 11) is 0. The van der Waals surface area contributed by atoms with Gasteiger partial charge in [0.15, 0.2) is 0 Å². The maximum absolute atomic E-state index is 5.73. The van der Waals surface area contributed by atoms with E-state index in [4.69, 9.17) is 10.5 Å². The maximum atomic E-state index is 5.73. The predicted octanol–water partition coefficient (Wildman–Crippen LogP) is 2.86. The van der Waals surface area contributed by atoms with Crippen molar-refractivity contribution < 1.29 is 4.74 Å². The van der Waals surface area contributed by atoms with Crippen molar-refractivity contribution in [1.29, 1.82) is 0 Å². The van der Waals surface area contributed by atoms with E-state index < -0.39 is 0 Å². The van der Waals surface area contributed by atoms with Crippen LogP contribution in [0.2, 0.25) is 0 Å². The van der Waals surface area contributed by atoms with E-state index in [1.165, 1.54) is 24.8 Å². The van der Waals surface area contributed by atoms with Gasteiger partial charge in [-0.25, -0.2) is 0 Å². The lowest BCUT2D eigenvalue weighted by atomic mass is 9.62. The Hall–Kier alpha value is -1.02. The predicted molar refractivity (Wildman–Crippen MR) is 66.8 cm³/mol. The smallest absolute Gasteiger partial charge is 0.119 e. The Morgan fingerprint density at radius 1 is 1.38 bits per heavy atom. The molecular formula is C14H21NO. The molecule has 1 fully saturated rings. The summed E-state index contributed by atoms with van der Waals surface area (Å²) in [5.41, 5.74) is 7.49. The first-order valence-electron chi connectivity index (χ1n) is 6.24. The molecule has 16 heavy (non-hydrogen) atoms. The van der Waals surface area contributed by atoms with Gasteiger partial charge in [0.2, 0.25) is 0 Å². The molecule has 2 N–H and O–H groups in total. The number of rotatable bonds is 5. The van der Waals surface area contributed by atoms with Crippen LogP contribution in [0.5, 0.6) is 5.75 Å². The Morgan fingerprint density at radius 3 is 2.75 bits per heavy atom. The van der Waals surface area contributed by atoms with Crippen molar-refractivity contribution in [2.24, 2.45) is 5.73 Å². The van der Waals surface area contributed by atoms with Crippen molar-refractivity contribution in [2.75, 3.05) is 13.2 Å². The van der Waals surface area contributed by atoms with E-state index in [-0.39, 0.29) is 0 Å². The standard InChI is InChI=1S/C14H21NO/c1-2-16-13-6-3-5-12(11-13)14(9-10-15)7-4-8-14/h3,5-6,11H,2,4,7-10,15H2,1H3. The zero-order chi connectivity index (χ0) is 11.4. The van der Waals surface area contributed by atoms with E-state index in [1.807, 2.05) is 13.0 Å². The molecule has 0 bridgehead atoms. The van der Waals surface area contributed by atoms with Gasteiger partial charge in [0.1, 0.15) is 5.75 Å². The van der Waals surface area contributed by atoms with Crippen LogP contribution in [-0.4, -0.2) is 13.2 Å². The molecule has 0 aromatic heterocycles. The van der Waals surface area contributed by atoms with Crippen LogP contribution in [0.4, 0.5) is 0 Å². The molecule has 0 saturated heterocycles. The summed E-state index contributed by atoms with van der Waals surface area (Å²) < 4.78 is 5.56. The zero-order valence-corrected chi connectivity index (χ0v) is 10.0. The molecule has 2 rings (SSSR count). The molecule has 0 heterocycles. The number of hydrogen-bond donors (Lipinski definition) is 1. The van der Waals surface area contributed by atoms with E-state index in [2.05, 4.69) is 18.2 Å². The minimum absolute atomic E-state index is 0.349. The number of nitrogens with two attached hydrogens (primary N) is 1. The number of benzene rings is 1. The highest BCUT2D eigenvalue weighted by atomic mass is 16.5. The van der Waals surface area contributed by atoms with Gasteiger partial charge in [0, 0.05) is 0 Å². The topological polar surface area (TPSA) is 35.2 Å². The molecule has 2 heteroatoms. The number of hydrogen-bond acceptors (Lipinski definition) is 2. The molecule has 1 saturated carbocycles. The fourth-order valence-corrected chi connectivity index (χ4v) is 2.65. The molecule has 2 nitrogen and oxygen atoms in total. The Morgan fingerprint density at radius 2 is 2.19 bits per heavy atom. The lowest BCUT2D eigenvalue weighted by molar-refractivity contribution is 0.228. The fraction of sp³-hybridized carbons (Fsp3) is 0.571. The van der Waals surface area contributed by atoms with Crippen molar-refractivity contribution in [3.8, 4) is 5.75 Å². The van der Waals surface area contributed by atoms with Crippen LogP contribution in [0.15, 0.2) is 24.3 Å².